The molecule has 3 aromatic rings. The van der Waals surface area contributed by atoms with Gasteiger partial charge in [-0.1, -0.05) is 24.3 Å². The summed E-state index contributed by atoms with van der Waals surface area (Å²) in [6, 6.07) is 11.8. The molecule has 0 amide bonds. The van der Waals surface area contributed by atoms with Crippen LogP contribution >= 0.6 is 0 Å². The molecule has 6 heteroatoms. The lowest BCUT2D eigenvalue weighted by Crippen LogP contribution is -2.02. The average Bonchev–Trinajstić information content (AvgIpc) is 2.64. The van der Waals surface area contributed by atoms with E-state index >= 15 is 0 Å². The Labute approximate surface area is 153 Å². The largest absolute Gasteiger partial charge is 0.472 e. The van der Waals surface area contributed by atoms with Crippen molar-refractivity contribution in [2.45, 2.75) is 40.9 Å². The van der Waals surface area contributed by atoms with Crippen molar-refractivity contribution in [1.29, 1.82) is 0 Å². The van der Waals surface area contributed by atoms with Crippen molar-refractivity contribution in [3.05, 3.63) is 70.0 Å². The highest BCUT2D eigenvalue weighted by molar-refractivity contribution is 5.25. The second-order valence-corrected chi connectivity index (χ2v) is 6.30. The number of nitrogens with zero attached hydrogens (tertiary/aromatic N) is 4. The summed E-state index contributed by atoms with van der Waals surface area (Å²) in [7, 11) is 0. The number of hydrogen-bond donors (Lipinski definition) is 0. The van der Waals surface area contributed by atoms with E-state index < -0.39 is 0 Å². The van der Waals surface area contributed by atoms with Gasteiger partial charge in [0.05, 0.1) is 11.4 Å². The molecular formula is C20H22N4O2. The van der Waals surface area contributed by atoms with E-state index in [9.17, 15) is 0 Å². The smallest absolute Gasteiger partial charge is 0.233 e. The first kappa shape index (κ1) is 17.8. The molecule has 0 aliphatic rings. The van der Waals surface area contributed by atoms with Gasteiger partial charge in [0.1, 0.15) is 13.2 Å². The zero-order chi connectivity index (χ0) is 18.5. The van der Waals surface area contributed by atoms with Crippen LogP contribution in [0.4, 0.5) is 0 Å². The molecular weight excluding hydrogens is 328 g/mol. The monoisotopic (exact) mass is 350 g/mol. The summed E-state index contributed by atoms with van der Waals surface area (Å²) in [6.45, 7) is 8.73. The molecule has 6 nitrogen and oxygen atoms in total. The van der Waals surface area contributed by atoms with Gasteiger partial charge in [0, 0.05) is 12.1 Å². The summed E-state index contributed by atoms with van der Waals surface area (Å²) >= 11 is 0. The molecule has 0 atom stereocenters. The van der Waals surface area contributed by atoms with E-state index in [1.54, 1.807) is 0 Å². The molecule has 0 radical (unpaired) electrons. The van der Waals surface area contributed by atoms with E-state index in [0.717, 1.165) is 33.6 Å². The minimum Gasteiger partial charge on any atom is -0.472 e. The van der Waals surface area contributed by atoms with Gasteiger partial charge in [-0.25, -0.2) is 0 Å². The highest BCUT2D eigenvalue weighted by Crippen LogP contribution is 2.15. The number of aromatic nitrogens is 4. The van der Waals surface area contributed by atoms with Crippen LogP contribution < -0.4 is 9.47 Å². The molecule has 0 N–H and O–H groups in total. The first-order valence-electron chi connectivity index (χ1n) is 8.46. The third-order valence-electron chi connectivity index (χ3n) is 4.21. The van der Waals surface area contributed by atoms with Gasteiger partial charge >= 0.3 is 0 Å². The van der Waals surface area contributed by atoms with Crippen LogP contribution in [0.3, 0.4) is 0 Å². The number of aryl methyl sites for hydroxylation is 4. The molecule has 26 heavy (non-hydrogen) atoms. The topological polar surface area (TPSA) is 70.0 Å². The van der Waals surface area contributed by atoms with Gasteiger partial charge in [-0.2, -0.15) is 10.2 Å². The lowest BCUT2D eigenvalue weighted by Gasteiger charge is -2.08. The van der Waals surface area contributed by atoms with Gasteiger partial charge in [-0.3, -0.25) is 0 Å². The number of ether oxygens (including phenoxy) is 2. The summed E-state index contributed by atoms with van der Waals surface area (Å²) in [5.41, 5.74) is 6.07. The highest BCUT2D eigenvalue weighted by atomic mass is 16.5. The van der Waals surface area contributed by atoms with Crippen molar-refractivity contribution < 1.29 is 9.47 Å². The van der Waals surface area contributed by atoms with Crippen LogP contribution in [0.2, 0.25) is 0 Å². The quantitative estimate of drug-likeness (QED) is 0.676. The zero-order valence-corrected chi connectivity index (χ0v) is 15.5. The Morgan fingerprint density at radius 2 is 1.00 bits per heavy atom. The molecule has 0 fully saturated rings. The first-order valence-corrected chi connectivity index (χ1v) is 8.46. The fourth-order valence-electron chi connectivity index (χ4n) is 2.23. The molecule has 0 unspecified atom stereocenters. The summed E-state index contributed by atoms with van der Waals surface area (Å²) < 4.78 is 11.4. The highest BCUT2D eigenvalue weighted by Gasteiger charge is 2.04. The molecule has 0 saturated carbocycles. The maximum absolute atomic E-state index is 5.70. The van der Waals surface area contributed by atoms with Crippen LogP contribution in [0.25, 0.3) is 0 Å². The lowest BCUT2D eigenvalue weighted by molar-refractivity contribution is 0.286. The van der Waals surface area contributed by atoms with Crippen LogP contribution in [0.5, 0.6) is 11.8 Å². The van der Waals surface area contributed by atoms with E-state index in [1.807, 2.05) is 64.1 Å². The van der Waals surface area contributed by atoms with Crippen LogP contribution in [0.15, 0.2) is 36.4 Å². The maximum atomic E-state index is 5.70. The Morgan fingerprint density at radius 3 is 1.35 bits per heavy atom. The van der Waals surface area contributed by atoms with Crippen molar-refractivity contribution in [2.24, 2.45) is 0 Å². The number of hydrogen-bond acceptors (Lipinski definition) is 6. The third kappa shape index (κ3) is 4.53. The van der Waals surface area contributed by atoms with Crippen molar-refractivity contribution >= 4 is 0 Å². The molecule has 2 aromatic heterocycles. The minimum absolute atomic E-state index is 0.445. The fourth-order valence-corrected chi connectivity index (χ4v) is 2.23. The maximum Gasteiger partial charge on any atom is 0.233 e. The van der Waals surface area contributed by atoms with E-state index in [2.05, 4.69) is 20.4 Å². The predicted octanol–water partition coefficient (Wildman–Crippen LogP) is 3.66. The van der Waals surface area contributed by atoms with Gasteiger partial charge in [-0.15, -0.1) is 10.2 Å². The second-order valence-electron chi connectivity index (χ2n) is 6.30. The Kier molecular flexibility index (Phi) is 5.41. The average molecular weight is 350 g/mol. The minimum atomic E-state index is 0.445. The SMILES string of the molecule is Cc1cc(OCc2ccc(COc3cc(C)c(C)nn3)cc2)nnc1C. The first-order chi connectivity index (χ1) is 12.5. The summed E-state index contributed by atoms with van der Waals surface area (Å²) in [5, 5.41) is 16.2. The molecule has 3 rings (SSSR count). The van der Waals surface area contributed by atoms with Gasteiger partial charge in [0.2, 0.25) is 11.8 Å². The van der Waals surface area contributed by atoms with Crippen molar-refractivity contribution in [1.82, 2.24) is 20.4 Å². The Morgan fingerprint density at radius 1 is 0.615 bits per heavy atom. The van der Waals surface area contributed by atoms with Crippen LogP contribution in [0, 0.1) is 27.7 Å². The zero-order valence-electron chi connectivity index (χ0n) is 15.5. The van der Waals surface area contributed by atoms with E-state index in [0.29, 0.717) is 25.0 Å². The Bertz CT molecular complexity index is 820. The van der Waals surface area contributed by atoms with Crippen molar-refractivity contribution in [2.75, 3.05) is 0 Å². The van der Waals surface area contributed by atoms with Crippen LogP contribution in [-0.4, -0.2) is 20.4 Å². The van der Waals surface area contributed by atoms with E-state index in [1.165, 1.54) is 0 Å². The second kappa shape index (κ2) is 7.91. The molecule has 0 aliphatic heterocycles. The third-order valence-corrected chi connectivity index (χ3v) is 4.21. The van der Waals surface area contributed by atoms with E-state index in [-0.39, 0.29) is 0 Å². The van der Waals surface area contributed by atoms with Crippen molar-refractivity contribution in [3.63, 3.8) is 0 Å². The Balaban J connectivity index is 1.54. The predicted molar refractivity (Wildman–Crippen MR) is 98.1 cm³/mol. The fraction of sp³-hybridized carbons (Fsp3) is 0.300. The molecule has 0 saturated heterocycles. The van der Waals surface area contributed by atoms with E-state index in [4.69, 9.17) is 9.47 Å². The lowest BCUT2D eigenvalue weighted by atomic mass is 10.1. The van der Waals surface area contributed by atoms with Gasteiger partial charge in [-0.05, 0) is 49.9 Å². The molecule has 1 aromatic carbocycles. The van der Waals surface area contributed by atoms with Crippen LogP contribution in [-0.2, 0) is 13.2 Å². The van der Waals surface area contributed by atoms with Crippen molar-refractivity contribution in [3.8, 4) is 11.8 Å². The summed E-state index contributed by atoms with van der Waals surface area (Å²) in [6.07, 6.45) is 0. The van der Waals surface area contributed by atoms with Crippen LogP contribution in [0.1, 0.15) is 33.6 Å². The normalized spacial score (nSPS) is 10.6. The Hall–Kier alpha value is -3.02. The molecule has 0 spiro atoms. The number of benzene rings is 1. The molecule has 0 aliphatic carbocycles. The van der Waals surface area contributed by atoms with Gasteiger partial charge in [0.25, 0.3) is 0 Å². The summed E-state index contributed by atoms with van der Waals surface area (Å²) in [4.78, 5) is 0. The molecule has 2 heterocycles. The summed E-state index contributed by atoms with van der Waals surface area (Å²) in [5.74, 6) is 1.07. The van der Waals surface area contributed by atoms with Gasteiger partial charge < -0.3 is 9.47 Å². The standard InChI is InChI=1S/C20H22N4O2/c1-13-9-19(23-21-15(13)3)25-11-17-5-7-18(8-6-17)12-26-20-10-14(2)16(4)22-24-20/h5-10H,11-12H2,1-4H3. The molecule has 0 bridgehead atoms. The molecule has 134 valence electrons. The van der Waals surface area contributed by atoms with Gasteiger partial charge in [0.15, 0.2) is 0 Å². The number of rotatable bonds is 6.